The molecule has 1 unspecified atom stereocenters. The molecule has 3 heteroatoms. The van der Waals surface area contributed by atoms with Crippen molar-refractivity contribution in [3.63, 3.8) is 0 Å². The van der Waals surface area contributed by atoms with Gasteiger partial charge in [0.1, 0.15) is 0 Å². The second-order valence-corrected chi connectivity index (χ2v) is 6.12. The number of halogens is 2. The van der Waals surface area contributed by atoms with Crippen molar-refractivity contribution in [3.8, 4) is 0 Å². The monoisotopic (exact) mass is 315 g/mol. The molecule has 0 aliphatic heterocycles. The predicted molar refractivity (Wildman–Crippen MR) is 77.5 cm³/mol. The summed E-state index contributed by atoms with van der Waals surface area (Å²) in [6.07, 6.45) is 5.21. The van der Waals surface area contributed by atoms with E-state index in [1.807, 2.05) is 6.07 Å². The van der Waals surface area contributed by atoms with Crippen LogP contribution in [0, 0.1) is 5.92 Å². The van der Waals surface area contributed by atoms with Gasteiger partial charge in [-0.2, -0.15) is 0 Å². The van der Waals surface area contributed by atoms with E-state index in [1.54, 1.807) is 0 Å². The van der Waals surface area contributed by atoms with Gasteiger partial charge in [-0.05, 0) is 58.9 Å². The van der Waals surface area contributed by atoms with Crippen molar-refractivity contribution in [1.29, 1.82) is 0 Å². The quantitative estimate of drug-likeness (QED) is 0.783. The minimum atomic E-state index is 0.466. The van der Waals surface area contributed by atoms with Gasteiger partial charge in [-0.3, -0.25) is 0 Å². The lowest BCUT2D eigenvalue weighted by molar-refractivity contribution is 0.474. The van der Waals surface area contributed by atoms with Crippen molar-refractivity contribution < 1.29 is 0 Å². The first-order chi connectivity index (χ1) is 8.20. The highest BCUT2D eigenvalue weighted by Gasteiger charge is 2.26. The maximum atomic E-state index is 6.17. The first-order valence-corrected chi connectivity index (χ1v) is 7.56. The zero-order valence-electron chi connectivity index (χ0n) is 10.2. The zero-order valence-corrected chi connectivity index (χ0v) is 12.5. The van der Waals surface area contributed by atoms with E-state index >= 15 is 0 Å². The molecule has 94 valence electrons. The Kier molecular flexibility index (Phi) is 4.89. The van der Waals surface area contributed by atoms with E-state index in [2.05, 4.69) is 40.3 Å². The van der Waals surface area contributed by atoms with E-state index in [0.29, 0.717) is 6.04 Å². The Bertz CT molecular complexity index is 376. The summed E-state index contributed by atoms with van der Waals surface area (Å²) in [7, 11) is 0. The van der Waals surface area contributed by atoms with E-state index in [-0.39, 0.29) is 0 Å². The topological polar surface area (TPSA) is 12.0 Å². The van der Waals surface area contributed by atoms with Crippen LogP contribution >= 0.6 is 27.5 Å². The molecule has 1 nitrogen and oxygen atoms in total. The summed E-state index contributed by atoms with van der Waals surface area (Å²) in [6, 6.07) is 6.77. The maximum absolute atomic E-state index is 6.17. The summed E-state index contributed by atoms with van der Waals surface area (Å²) in [4.78, 5) is 0. The van der Waals surface area contributed by atoms with E-state index in [0.717, 1.165) is 22.0 Å². The zero-order chi connectivity index (χ0) is 12.3. The van der Waals surface area contributed by atoms with Crippen LogP contribution in [0.3, 0.4) is 0 Å². The van der Waals surface area contributed by atoms with Gasteiger partial charge in [0.05, 0.1) is 5.02 Å². The van der Waals surface area contributed by atoms with Gasteiger partial charge in [-0.1, -0.05) is 37.4 Å². The molecular formula is C14H19BrClN. The Hall–Kier alpha value is -0.0500. The molecule has 2 rings (SSSR count). The fourth-order valence-corrected chi connectivity index (χ4v) is 2.51. The van der Waals surface area contributed by atoms with Crippen molar-refractivity contribution in [2.24, 2.45) is 5.92 Å². The lowest BCUT2D eigenvalue weighted by Crippen LogP contribution is -2.22. The van der Waals surface area contributed by atoms with Gasteiger partial charge in [-0.25, -0.2) is 0 Å². The molecule has 1 aromatic carbocycles. The summed E-state index contributed by atoms with van der Waals surface area (Å²) < 4.78 is 0.976. The SMILES string of the molecule is CCCNC(CC1CC1)c1ccc(Br)c(Cl)c1. The maximum Gasteiger partial charge on any atom is 0.0551 e. The Morgan fingerprint density at radius 3 is 2.82 bits per heavy atom. The number of benzene rings is 1. The van der Waals surface area contributed by atoms with E-state index < -0.39 is 0 Å². The van der Waals surface area contributed by atoms with Gasteiger partial charge in [0.25, 0.3) is 0 Å². The molecule has 1 atom stereocenters. The molecule has 0 heterocycles. The molecular weight excluding hydrogens is 298 g/mol. The minimum absolute atomic E-state index is 0.466. The molecule has 1 fully saturated rings. The van der Waals surface area contributed by atoms with Gasteiger partial charge in [-0.15, -0.1) is 0 Å². The third-order valence-corrected chi connectivity index (χ3v) is 4.49. The van der Waals surface area contributed by atoms with Crippen molar-refractivity contribution in [2.75, 3.05) is 6.54 Å². The third kappa shape index (κ3) is 3.97. The molecule has 0 bridgehead atoms. The predicted octanol–water partition coefficient (Wildman–Crippen LogP) is 4.94. The lowest BCUT2D eigenvalue weighted by atomic mass is 10.0. The van der Waals surface area contributed by atoms with Crippen LogP contribution in [-0.4, -0.2) is 6.54 Å². The minimum Gasteiger partial charge on any atom is -0.310 e. The van der Waals surface area contributed by atoms with Crippen LogP contribution in [-0.2, 0) is 0 Å². The summed E-state index contributed by atoms with van der Waals surface area (Å²) in [5.41, 5.74) is 1.32. The van der Waals surface area contributed by atoms with Crippen molar-refractivity contribution >= 4 is 27.5 Å². The fourth-order valence-electron chi connectivity index (χ4n) is 2.07. The standard InChI is InChI=1S/C14H19BrClN/c1-2-7-17-14(8-10-3-4-10)11-5-6-12(15)13(16)9-11/h5-6,9-10,14,17H,2-4,7-8H2,1H3. The second kappa shape index (κ2) is 6.21. The van der Waals surface area contributed by atoms with Crippen molar-refractivity contribution in [1.82, 2.24) is 5.32 Å². The first kappa shape index (κ1) is 13.4. The summed E-state index contributed by atoms with van der Waals surface area (Å²) in [6.45, 7) is 3.28. The van der Waals surface area contributed by atoms with Crippen LogP contribution in [0.4, 0.5) is 0 Å². The largest absolute Gasteiger partial charge is 0.310 e. The van der Waals surface area contributed by atoms with Crippen LogP contribution in [0.2, 0.25) is 5.02 Å². The van der Waals surface area contributed by atoms with E-state index in [4.69, 9.17) is 11.6 Å². The average molecular weight is 317 g/mol. The van der Waals surface area contributed by atoms with Gasteiger partial charge < -0.3 is 5.32 Å². The van der Waals surface area contributed by atoms with Crippen LogP contribution in [0.5, 0.6) is 0 Å². The third-order valence-electron chi connectivity index (χ3n) is 3.25. The molecule has 0 spiro atoms. The van der Waals surface area contributed by atoms with Crippen molar-refractivity contribution in [3.05, 3.63) is 33.3 Å². The Morgan fingerprint density at radius 1 is 1.47 bits per heavy atom. The Morgan fingerprint density at radius 2 is 2.24 bits per heavy atom. The number of nitrogens with one attached hydrogen (secondary N) is 1. The molecule has 0 aromatic heterocycles. The van der Waals surface area contributed by atoms with Gasteiger partial charge in [0.2, 0.25) is 0 Å². The van der Waals surface area contributed by atoms with Crippen LogP contribution < -0.4 is 5.32 Å². The molecule has 1 aromatic rings. The fraction of sp³-hybridized carbons (Fsp3) is 0.571. The highest BCUT2D eigenvalue weighted by molar-refractivity contribution is 9.10. The van der Waals surface area contributed by atoms with Crippen LogP contribution in [0.15, 0.2) is 22.7 Å². The summed E-state index contributed by atoms with van der Waals surface area (Å²) >= 11 is 9.61. The smallest absolute Gasteiger partial charge is 0.0551 e. The van der Waals surface area contributed by atoms with E-state index in [1.165, 1.54) is 31.2 Å². The van der Waals surface area contributed by atoms with Gasteiger partial charge in [0, 0.05) is 10.5 Å². The number of hydrogen-bond donors (Lipinski definition) is 1. The molecule has 0 saturated heterocycles. The summed E-state index contributed by atoms with van der Waals surface area (Å²) in [5.74, 6) is 0.923. The Balaban J connectivity index is 2.08. The molecule has 1 saturated carbocycles. The lowest BCUT2D eigenvalue weighted by Gasteiger charge is -2.19. The Labute approximate surface area is 117 Å². The van der Waals surface area contributed by atoms with Gasteiger partial charge in [0.15, 0.2) is 0 Å². The summed E-state index contributed by atoms with van der Waals surface area (Å²) in [5, 5.41) is 4.44. The number of rotatable bonds is 6. The molecule has 0 amide bonds. The first-order valence-electron chi connectivity index (χ1n) is 6.39. The van der Waals surface area contributed by atoms with Crippen LogP contribution in [0.25, 0.3) is 0 Å². The van der Waals surface area contributed by atoms with E-state index in [9.17, 15) is 0 Å². The van der Waals surface area contributed by atoms with Crippen molar-refractivity contribution in [2.45, 2.75) is 38.6 Å². The number of hydrogen-bond acceptors (Lipinski definition) is 1. The van der Waals surface area contributed by atoms with Gasteiger partial charge >= 0.3 is 0 Å². The normalized spacial score (nSPS) is 17.1. The molecule has 17 heavy (non-hydrogen) atoms. The average Bonchev–Trinajstić information content (AvgIpc) is 3.12. The molecule has 1 N–H and O–H groups in total. The highest BCUT2D eigenvalue weighted by Crippen LogP contribution is 2.38. The second-order valence-electron chi connectivity index (χ2n) is 4.86. The van der Waals surface area contributed by atoms with Crippen LogP contribution in [0.1, 0.15) is 44.2 Å². The molecule has 0 radical (unpaired) electrons. The molecule has 1 aliphatic carbocycles. The highest BCUT2D eigenvalue weighted by atomic mass is 79.9. The molecule has 1 aliphatic rings.